The van der Waals surface area contributed by atoms with Gasteiger partial charge in [-0.05, 0) is 55.3 Å². The number of nitrogens with one attached hydrogen (secondary N) is 1. The number of thiazole rings is 1. The number of fused-ring (bicyclic) bond motifs is 6. The van der Waals surface area contributed by atoms with Crippen molar-refractivity contribution in [1.82, 2.24) is 9.88 Å². The van der Waals surface area contributed by atoms with Gasteiger partial charge in [0.15, 0.2) is 10.9 Å². The molecule has 2 aromatic rings. The third-order valence-corrected chi connectivity index (χ3v) is 7.96. The van der Waals surface area contributed by atoms with Crippen molar-refractivity contribution in [3.8, 4) is 0 Å². The minimum absolute atomic E-state index is 0.0565. The molecule has 2 aliphatic carbocycles. The van der Waals surface area contributed by atoms with E-state index in [-0.39, 0.29) is 11.5 Å². The summed E-state index contributed by atoms with van der Waals surface area (Å²) in [6.45, 7) is 6.83. The Morgan fingerprint density at radius 2 is 2.20 bits per heavy atom. The zero-order valence-corrected chi connectivity index (χ0v) is 15.9. The van der Waals surface area contributed by atoms with Crippen molar-refractivity contribution in [2.45, 2.75) is 44.6 Å². The van der Waals surface area contributed by atoms with Crippen LogP contribution in [0.5, 0.6) is 0 Å². The number of hydrogen-bond donors (Lipinski definition) is 1. The zero-order chi connectivity index (χ0) is 17.3. The molecular formula is C20H25N3OS. The Labute approximate surface area is 152 Å². The van der Waals surface area contributed by atoms with E-state index in [0.29, 0.717) is 11.7 Å². The number of aromatic nitrogens is 1. The lowest BCUT2D eigenvalue weighted by Gasteiger charge is -2.53. The normalized spacial score (nSPS) is 32.0. The Hall–Kier alpha value is -1.46. The van der Waals surface area contributed by atoms with Crippen LogP contribution >= 0.6 is 11.3 Å². The number of likely N-dealkylation sites (tertiary alicyclic amines) is 1. The van der Waals surface area contributed by atoms with Gasteiger partial charge < -0.3 is 5.32 Å². The van der Waals surface area contributed by atoms with Gasteiger partial charge in [0.1, 0.15) is 0 Å². The first kappa shape index (κ1) is 15.8. The van der Waals surface area contributed by atoms with Gasteiger partial charge in [-0.1, -0.05) is 25.2 Å². The molecule has 1 aromatic heterocycles. The fraction of sp³-hybridized carbons (Fsp3) is 0.600. The van der Waals surface area contributed by atoms with Crippen LogP contribution in [0.1, 0.15) is 49.0 Å². The lowest BCUT2D eigenvalue weighted by molar-refractivity contribution is 0.0272. The lowest BCUT2D eigenvalue weighted by Crippen LogP contribution is -2.61. The summed E-state index contributed by atoms with van der Waals surface area (Å²) in [5.41, 5.74) is 3.30. The molecule has 132 valence electrons. The molecule has 2 fully saturated rings. The van der Waals surface area contributed by atoms with Gasteiger partial charge >= 0.3 is 0 Å². The molecule has 5 rings (SSSR count). The number of anilines is 1. The zero-order valence-electron chi connectivity index (χ0n) is 15.1. The molecule has 1 aromatic carbocycles. The van der Waals surface area contributed by atoms with E-state index in [1.54, 1.807) is 11.3 Å². The van der Waals surface area contributed by atoms with Crippen molar-refractivity contribution in [3.05, 3.63) is 23.3 Å². The van der Waals surface area contributed by atoms with Gasteiger partial charge in [0, 0.05) is 24.6 Å². The average Bonchev–Trinajstić information content (AvgIpc) is 3.31. The molecule has 0 spiro atoms. The molecule has 3 aliphatic rings. The first-order valence-corrected chi connectivity index (χ1v) is 10.2. The number of nitrogens with zero attached hydrogens (tertiary/aromatic N) is 2. The lowest BCUT2D eigenvalue weighted by atomic mass is 9.58. The van der Waals surface area contributed by atoms with Crippen LogP contribution in [0.4, 0.5) is 5.13 Å². The third kappa shape index (κ3) is 2.15. The van der Waals surface area contributed by atoms with E-state index in [1.807, 2.05) is 19.2 Å². The molecular weight excluding hydrogens is 330 g/mol. The van der Waals surface area contributed by atoms with Crippen LogP contribution in [0.15, 0.2) is 12.1 Å². The van der Waals surface area contributed by atoms with Gasteiger partial charge in [0.25, 0.3) is 0 Å². The fourth-order valence-electron chi connectivity index (χ4n) is 5.02. The summed E-state index contributed by atoms with van der Waals surface area (Å²) < 4.78 is 1.21. The largest absolute Gasteiger partial charge is 0.365 e. The van der Waals surface area contributed by atoms with Crippen molar-refractivity contribution >= 4 is 32.5 Å². The standard InChI is InChI=1S/C20H25N3OS/c1-11-16-17(24)13-6-7-14-18(25-19(21-3)22-14)15(13)20(11,2)8-9-23(16)10-12-4-5-12/h6-7,11-12,16H,4-5,8-10H2,1-3H3,(H,21,22)/t11-,16-,20+/m0/s1. The van der Waals surface area contributed by atoms with Crippen LogP contribution in [0.2, 0.25) is 0 Å². The van der Waals surface area contributed by atoms with E-state index in [1.165, 1.54) is 23.1 Å². The Kier molecular flexibility index (Phi) is 3.32. The SMILES string of the molecule is CNc1nc2ccc3c(c2s1)[C@]1(C)CCN(CC2CC2)[C@H](C3=O)[C@@H]1C. The summed E-state index contributed by atoms with van der Waals surface area (Å²) in [6, 6.07) is 4.13. The summed E-state index contributed by atoms with van der Waals surface area (Å²) in [7, 11) is 1.91. The van der Waals surface area contributed by atoms with Crippen molar-refractivity contribution in [2.24, 2.45) is 11.8 Å². The Morgan fingerprint density at radius 1 is 1.40 bits per heavy atom. The first-order valence-electron chi connectivity index (χ1n) is 9.43. The number of carbonyl (C=O) groups is 1. The van der Waals surface area contributed by atoms with Gasteiger partial charge in [-0.15, -0.1) is 0 Å². The molecule has 4 nitrogen and oxygen atoms in total. The number of carbonyl (C=O) groups excluding carboxylic acids is 1. The Morgan fingerprint density at radius 3 is 2.92 bits per heavy atom. The molecule has 25 heavy (non-hydrogen) atoms. The van der Waals surface area contributed by atoms with Crippen molar-refractivity contribution in [2.75, 3.05) is 25.5 Å². The molecule has 2 bridgehead atoms. The Bertz CT molecular complexity index is 871. The number of ketones is 1. The van der Waals surface area contributed by atoms with Gasteiger partial charge in [-0.25, -0.2) is 4.98 Å². The molecule has 2 heterocycles. The summed E-state index contributed by atoms with van der Waals surface area (Å²) in [5, 5.41) is 4.09. The quantitative estimate of drug-likeness (QED) is 0.907. The summed E-state index contributed by atoms with van der Waals surface area (Å²) >= 11 is 1.69. The number of Topliss-reactive ketones (excluding diaryl/α,β-unsaturated/α-hetero) is 1. The highest BCUT2D eigenvalue weighted by Gasteiger charge is 2.53. The number of hydrogen-bond acceptors (Lipinski definition) is 5. The topological polar surface area (TPSA) is 45.2 Å². The van der Waals surface area contributed by atoms with E-state index in [0.717, 1.165) is 41.6 Å². The monoisotopic (exact) mass is 355 g/mol. The molecule has 1 saturated carbocycles. The summed E-state index contributed by atoms with van der Waals surface area (Å²) in [5.74, 6) is 1.51. The average molecular weight is 356 g/mol. The highest BCUT2D eigenvalue weighted by Crippen LogP contribution is 2.52. The fourth-order valence-corrected chi connectivity index (χ4v) is 6.12. The summed E-state index contributed by atoms with van der Waals surface area (Å²) in [6.07, 6.45) is 3.81. The van der Waals surface area contributed by atoms with Crippen molar-refractivity contribution in [3.63, 3.8) is 0 Å². The molecule has 5 heteroatoms. The number of benzene rings is 1. The summed E-state index contributed by atoms with van der Waals surface area (Å²) in [4.78, 5) is 20.6. The van der Waals surface area contributed by atoms with Crippen LogP contribution in [0, 0.1) is 11.8 Å². The van der Waals surface area contributed by atoms with Crippen LogP contribution in [0.25, 0.3) is 10.2 Å². The predicted octanol–water partition coefficient (Wildman–Crippen LogP) is 3.91. The van der Waals surface area contributed by atoms with Crippen LogP contribution in [-0.4, -0.2) is 41.8 Å². The van der Waals surface area contributed by atoms with Crippen molar-refractivity contribution < 1.29 is 4.79 Å². The number of rotatable bonds is 3. The first-order chi connectivity index (χ1) is 12.0. The molecule has 0 unspecified atom stereocenters. The minimum Gasteiger partial charge on any atom is -0.365 e. The second-order valence-corrected chi connectivity index (χ2v) is 9.31. The van der Waals surface area contributed by atoms with Crippen LogP contribution < -0.4 is 5.32 Å². The second kappa shape index (κ2) is 5.27. The van der Waals surface area contributed by atoms with E-state index < -0.39 is 0 Å². The van der Waals surface area contributed by atoms with E-state index >= 15 is 0 Å². The molecule has 0 amide bonds. The molecule has 3 atom stereocenters. The van der Waals surface area contributed by atoms with Gasteiger partial charge in [0.05, 0.1) is 16.3 Å². The predicted molar refractivity (Wildman–Crippen MR) is 103 cm³/mol. The van der Waals surface area contributed by atoms with E-state index in [4.69, 9.17) is 0 Å². The third-order valence-electron chi connectivity index (χ3n) is 6.86. The van der Waals surface area contributed by atoms with Gasteiger partial charge in [-0.2, -0.15) is 0 Å². The second-order valence-electron chi connectivity index (χ2n) is 8.31. The molecule has 1 N–H and O–H groups in total. The highest BCUT2D eigenvalue weighted by molar-refractivity contribution is 7.22. The van der Waals surface area contributed by atoms with Crippen LogP contribution in [-0.2, 0) is 5.41 Å². The Balaban J connectivity index is 1.68. The number of piperidine rings is 1. The molecule has 0 radical (unpaired) electrons. The smallest absolute Gasteiger partial charge is 0.183 e. The van der Waals surface area contributed by atoms with Crippen molar-refractivity contribution in [1.29, 1.82) is 0 Å². The van der Waals surface area contributed by atoms with Gasteiger partial charge in [-0.3, -0.25) is 9.69 Å². The van der Waals surface area contributed by atoms with Crippen LogP contribution in [0.3, 0.4) is 0 Å². The maximum Gasteiger partial charge on any atom is 0.183 e. The van der Waals surface area contributed by atoms with Gasteiger partial charge in [0.2, 0.25) is 0 Å². The highest BCUT2D eigenvalue weighted by atomic mass is 32.1. The maximum absolute atomic E-state index is 13.4. The maximum atomic E-state index is 13.4. The van der Waals surface area contributed by atoms with E-state index in [9.17, 15) is 4.79 Å². The molecule has 1 saturated heterocycles. The minimum atomic E-state index is 0.0565. The molecule has 1 aliphatic heterocycles. The van der Waals surface area contributed by atoms with E-state index in [2.05, 4.69) is 29.0 Å².